The number of piperidine rings is 1. The van der Waals surface area contributed by atoms with Crippen LogP contribution in [0.15, 0.2) is 36.5 Å². The fourth-order valence-corrected chi connectivity index (χ4v) is 3.68. The molecule has 2 aromatic rings. The molecule has 7 nitrogen and oxygen atoms in total. The van der Waals surface area contributed by atoms with Crippen LogP contribution in [-0.4, -0.2) is 56.0 Å². The summed E-state index contributed by atoms with van der Waals surface area (Å²) in [5.41, 5.74) is 1.45. The predicted molar refractivity (Wildman–Crippen MR) is 117 cm³/mol. The van der Waals surface area contributed by atoms with Crippen molar-refractivity contribution >= 4 is 29.2 Å². The number of anilines is 1. The first-order chi connectivity index (χ1) is 14.4. The number of rotatable bonds is 6. The first-order valence-electron chi connectivity index (χ1n) is 9.92. The molecule has 1 saturated heterocycles. The van der Waals surface area contributed by atoms with Crippen LogP contribution in [0.1, 0.15) is 28.8 Å². The lowest BCUT2D eigenvalue weighted by Crippen LogP contribution is -2.43. The van der Waals surface area contributed by atoms with Crippen LogP contribution < -0.4 is 15.0 Å². The number of pyridine rings is 1. The van der Waals surface area contributed by atoms with Gasteiger partial charge in [-0.2, -0.15) is 0 Å². The van der Waals surface area contributed by atoms with Crippen LogP contribution in [0.2, 0.25) is 5.02 Å². The normalized spacial score (nSPS) is 14.3. The minimum Gasteiger partial charge on any atom is -0.496 e. The molecule has 1 aliphatic heterocycles. The molecule has 0 bridgehead atoms. The number of halogens is 1. The van der Waals surface area contributed by atoms with E-state index in [0.29, 0.717) is 48.8 Å². The number of aromatic nitrogens is 1. The van der Waals surface area contributed by atoms with Gasteiger partial charge in [0, 0.05) is 50.9 Å². The third kappa shape index (κ3) is 5.21. The van der Waals surface area contributed by atoms with E-state index in [1.165, 1.54) is 7.11 Å². The molecular weight excluding hydrogens is 404 g/mol. The summed E-state index contributed by atoms with van der Waals surface area (Å²) >= 11 is 6.05. The van der Waals surface area contributed by atoms with E-state index < -0.39 is 0 Å². The molecule has 1 aromatic carbocycles. The molecular formula is C22H27ClN4O3. The number of ether oxygens (including phenoxy) is 1. The number of nitrogens with one attached hydrogen (secondary N) is 1. The summed E-state index contributed by atoms with van der Waals surface area (Å²) in [4.78, 5) is 33.4. The van der Waals surface area contributed by atoms with Gasteiger partial charge >= 0.3 is 0 Å². The first kappa shape index (κ1) is 21.9. The minimum atomic E-state index is -0.124. The molecule has 30 heavy (non-hydrogen) atoms. The van der Waals surface area contributed by atoms with Gasteiger partial charge < -0.3 is 19.9 Å². The van der Waals surface area contributed by atoms with Gasteiger partial charge in [0.05, 0.1) is 12.7 Å². The third-order valence-electron chi connectivity index (χ3n) is 5.28. The second-order valence-corrected chi connectivity index (χ2v) is 7.98. The zero-order valence-corrected chi connectivity index (χ0v) is 18.3. The van der Waals surface area contributed by atoms with Crippen molar-refractivity contribution in [2.45, 2.75) is 19.4 Å². The lowest BCUT2D eigenvalue weighted by molar-refractivity contribution is -0.126. The zero-order valence-electron chi connectivity index (χ0n) is 17.5. The monoisotopic (exact) mass is 430 g/mol. The number of benzene rings is 1. The van der Waals surface area contributed by atoms with Crippen molar-refractivity contribution in [2.24, 2.45) is 5.92 Å². The van der Waals surface area contributed by atoms with E-state index in [1.807, 2.05) is 31.1 Å². The van der Waals surface area contributed by atoms with Crippen molar-refractivity contribution in [3.8, 4) is 5.75 Å². The number of nitrogens with zero attached hydrogens (tertiary/aromatic N) is 3. The van der Waals surface area contributed by atoms with Gasteiger partial charge in [-0.05, 0) is 48.7 Å². The summed E-state index contributed by atoms with van der Waals surface area (Å²) in [6.45, 7) is 1.50. The molecule has 8 heteroatoms. The first-order valence-corrected chi connectivity index (χ1v) is 10.3. The fourth-order valence-electron chi connectivity index (χ4n) is 3.51. The van der Waals surface area contributed by atoms with Crippen LogP contribution in [0.3, 0.4) is 0 Å². The SMILES string of the molecule is COc1ccc(Cl)cc1C(=O)N1CCC(C(=O)NCc2ccnc(N(C)C)c2)CC1. The van der Waals surface area contributed by atoms with Gasteiger partial charge in [0.25, 0.3) is 5.91 Å². The smallest absolute Gasteiger partial charge is 0.257 e. The molecule has 2 heterocycles. The second-order valence-electron chi connectivity index (χ2n) is 7.55. The Bertz CT molecular complexity index is 911. The summed E-state index contributed by atoms with van der Waals surface area (Å²) in [6, 6.07) is 8.86. The standard InChI is InChI=1S/C22H27ClN4O3/c1-26(2)20-12-15(6-9-24-20)14-25-21(28)16-7-10-27(11-8-16)22(29)18-13-17(23)4-5-19(18)30-3/h4-6,9,12-13,16H,7-8,10-11,14H2,1-3H3,(H,25,28). The Morgan fingerprint density at radius 3 is 2.63 bits per heavy atom. The summed E-state index contributed by atoms with van der Waals surface area (Å²) in [7, 11) is 5.39. The van der Waals surface area contributed by atoms with Gasteiger partial charge in [-0.15, -0.1) is 0 Å². The number of carbonyl (C=O) groups is 2. The average molecular weight is 431 g/mol. The third-order valence-corrected chi connectivity index (χ3v) is 5.51. The maximum Gasteiger partial charge on any atom is 0.257 e. The van der Waals surface area contributed by atoms with Crippen molar-refractivity contribution in [1.29, 1.82) is 0 Å². The molecule has 160 valence electrons. The van der Waals surface area contributed by atoms with E-state index in [4.69, 9.17) is 16.3 Å². The Hall–Kier alpha value is -2.80. The molecule has 1 fully saturated rings. The van der Waals surface area contributed by atoms with Crippen LogP contribution >= 0.6 is 11.6 Å². The maximum atomic E-state index is 12.9. The molecule has 3 rings (SSSR count). The van der Waals surface area contributed by atoms with Crippen molar-refractivity contribution in [3.63, 3.8) is 0 Å². The molecule has 2 amide bonds. The number of amides is 2. The number of methoxy groups -OCH3 is 1. The van der Waals surface area contributed by atoms with E-state index in [2.05, 4.69) is 10.3 Å². The summed E-state index contributed by atoms with van der Waals surface area (Å²) in [5.74, 6) is 1.14. The van der Waals surface area contributed by atoms with Gasteiger partial charge in [0.2, 0.25) is 5.91 Å². The topological polar surface area (TPSA) is 74.8 Å². The van der Waals surface area contributed by atoms with Crippen LogP contribution in [0.4, 0.5) is 5.82 Å². The van der Waals surface area contributed by atoms with E-state index in [-0.39, 0.29) is 17.7 Å². The Morgan fingerprint density at radius 1 is 1.23 bits per heavy atom. The lowest BCUT2D eigenvalue weighted by atomic mass is 9.95. The quantitative estimate of drug-likeness (QED) is 0.762. The molecule has 0 atom stereocenters. The molecule has 0 unspecified atom stereocenters. The molecule has 0 spiro atoms. The highest BCUT2D eigenvalue weighted by Crippen LogP contribution is 2.26. The summed E-state index contributed by atoms with van der Waals surface area (Å²) in [5, 5.41) is 3.50. The van der Waals surface area contributed by atoms with Gasteiger partial charge in [0.1, 0.15) is 11.6 Å². The van der Waals surface area contributed by atoms with Crippen molar-refractivity contribution in [1.82, 2.24) is 15.2 Å². The Labute approximate surface area is 182 Å². The second kappa shape index (κ2) is 9.80. The molecule has 1 aromatic heterocycles. The fraction of sp³-hybridized carbons (Fsp3) is 0.409. The Kier molecular flexibility index (Phi) is 7.15. The van der Waals surface area contributed by atoms with E-state index >= 15 is 0 Å². The highest BCUT2D eigenvalue weighted by atomic mass is 35.5. The average Bonchev–Trinajstić information content (AvgIpc) is 2.77. The lowest BCUT2D eigenvalue weighted by Gasteiger charge is -2.31. The van der Waals surface area contributed by atoms with Crippen molar-refractivity contribution in [2.75, 3.05) is 39.2 Å². The van der Waals surface area contributed by atoms with Crippen LogP contribution in [0, 0.1) is 5.92 Å². The number of hydrogen-bond acceptors (Lipinski definition) is 5. The largest absolute Gasteiger partial charge is 0.496 e. The molecule has 0 aliphatic carbocycles. The Balaban J connectivity index is 1.54. The van der Waals surface area contributed by atoms with Crippen LogP contribution in [0.25, 0.3) is 0 Å². The zero-order chi connectivity index (χ0) is 21.7. The molecule has 1 N–H and O–H groups in total. The number of likely N-dealkylation sites (tertiary alicyclic amines) is 1. The van der Waals surface area contributed by atoms with Crippen LogP contribution in [-0.2, 0) is 11.3 Å². The highest BCUT2D eigenvalue weighted by molar-refractivity contribution is 6.31. The number of hydrogen-bond donors (Lipinski definition) is 1. The van der Waals surface area contributed by atoms with Crippen molar-refractivity contribution in [3.05, 3.63) is 52.7 Å². The predicted octanol–water partition coefficient (Wildman–Crippen LogP) is 2.98. The Morgan fingerprint density at radius 2 is 1.97 bits per heavy atom. The van der Waals surface area contributed by atoms with Gasteiger partial charge in [-0.25, -0.2) is 4.98 Å². The maximum absolute atomic E-state index is 12.9. The van der Waals surface area contributed by atoms with Gasteiger partial charge in [-0.1, -0.05) is 11.6 Å². The van der Waals surface area contributed by atoms with Crippen LogP contribution in [0.5, 0.6) is 5.75 Å². The molecule has 0 saturated carbocycles. The highest BCUT2D eigenvalue weighted by Gasteiger charge is 2.29. The van der Waals surface area contributed by atoms with Crippen molar-refractivity contribution < 1.29 is 14.3 Å². The summed E-state index contributed by atoms with van der Waals surface area (Å²) < 4.78 is 5.29. The molecule has 0 radical (unpaired) electrons. The van der Waals surface area contributed by atoms with E-state index in [1.54, 1.807) is 29.3 Å². The van der Waals surface area contributed by atoms with E-state index in [0.717, 1.165) is 11.4 Å². The minimum absolute atomic E-state index is 0.0191. The van der Waals surface area contributed by atoms with E-state index in [9.17, 15) is 9.59 Å². The van der Waals surface area contributed by atoms with Gasteiger partial charge in [-0.3, -0.25) is 9.59 Å². The van der Waals surface area contributed by atoms with Gasteiger partial charge in [0.15, 0.2) is 0 Å². The number of carbonyl (C=O) groups excluding carboxylic acids is 2. The summed E-state index contributed by atoms with van der Waals surface area (Å²) in [6.07, 6.45) is 2.99. The molecule has 1 aliphatic rings.